The molecule has 0 radical (unpaired) electrons. The van der Waals surface area contributed by atoms with Gasteiger partial charge in [-0.05, 0) is 47.2 Å². The summed E-state index contributed by atoms with van der Waals surface area (Å²) in [6.45, 7) is 8.50. The summed E-state index contributed by atoms with van der Waals surface area (Å²) >= 11 is 1.40. The zero-order valence-electron chi connectivity index (χ0n) is 16.9. The summed E-state index contributed by atoms with van der Waals surface area (Å²) in [6.07, 6.45) is 0. The third kappa shape index (κ3) is 4.27. The second-order valence-corrected chi connectivity index (χ2v) is 9.01. The van der Waals surface area contributed by atoms with E-state index in [-0.39, 0.29) is 11.0 Å². The molecule has 148 valence electrons. The molecule has 5 nitrogen and oxygen atoms in total. The van der Waals surface area contributed by atoms with Crippen LogP contribution in [0.15, 0.2) is 67.4 Å². The zero-order chi connectivity index (χ0) is 20.6. The first-order valence-corrected chi connectivity index (χ1v) is 10.4. The quantitative estimate of drug-likeness (QED) is 0.318. The van der Waals surface area contributed by atoms with E-state index in [0.29, 0.717) is 22.4 Å². The van der Waals surface area contributed by atoms with E-state index in [2.05, 4.69) is 43.1 Å². The monoisotopic (exact) mass is 406 g/mol. The van der Waals surface area contributed by atoms with E-state index < -0.39 is 0 Å². The number of fused-ring (bicyclic) bond motifs is 1. The van der Waals surface area contributed by atoms with Crippen LogP contribution in [0, 0.1) is 6.92 Å². The molecule has 0 aliphatic carbocycles. The first-order chi connectivity index (χ1) is 13.8. The van der Waals surface area contributed by atoms with Gasteiger partial charge in [0, 0.05) is 22.8 Å². The molecule has 2 aromatic carbocycles. The van der Waals surface area contributed by atoms with Crippen LogP contribution < -0.4 is 5.63 Å². The highest BCUT2D eigenvalue weighted by molar-refractivity contribution is 7.98. The van der Waals surface area contributed by atoms with E-state index in [1.54, 1.807) is 0 Å². The highest BCUT2D eigenvalue weighted by atomic mass is 32.2. The molecule has 2 aromatic heterocycles. The van der Waals surface area contributed by atoms with Crippen LogP contribution in [-0.2, 0) is 11.2 Å². The minimum Gasteiger partial charge on any atom is -0.423 e. The maximum atomic E-state index is 11.9. The number of hydrogen-bond acceptors (Lipinski definition) is 6. The molecule has 0 aliphatic heterocycles. The number of aromatic nitrogens is 2. The van der Waals surface area contributed by atoms with Crippen LogP contribution in [0.1, 0.15) is 37.5 Å². The second kappa shape index (κ2) is 7.52. The van der Waals surface area contributed by atoms with Gasteiger partial charge in [-0.2, -0.15) is 0 Å². The van der Waals surface area contributed by atoms with Crippen molar-refractivity contribution >= 4 is 22.7 Å². The van der Waals surface area contributed by atoms with Gasteiger partial charge in [0.1, 0.15) is 5.58 Å². The summed E-state index contributed by atoms with van der Waals surface area (Å²) in [5, 5.41) is 9.69. The minimum atomic E-state index is -0.358. The van der Waals surface area contributed by atoms with Crippen molar-refractivity contribution in [2.45, 2.75) is 44.1 Å². The van der Waals surface area contributed by atoms with Gasteiger partial charge < -0.3 is 8.83 Å². The molecule has 0 N–H and O–H groups in total. The number of hydrogen-bond donors (Lipinski definition) is 0. The summed E-state index contributed by atoms with van der Waals surface area (Å²) in [6, 6.07) is 15.5. The van der Waals surface area contributed by atoms with Crippen LogP contribution in [-0.4, -0.2) is 10.2 Å². The molecule has 0 atom stereocenters. The molecule has 0 spiro atoms. The molecule has 0 bridgehead atoms. The van der Waals surface area contributed by atoms with Crippen LogP contribution in [0.3, 0.4) is 0 Å². The van der Waals surface area contributed by atoms with Crippen molar-refractivity contribution in [3.05, 3.63) is 75.6 Å². The van der Waals surface area contributed by atoms with Gasteiger partial charge in [0.2, 0.25) is 5.89 Å². The molecular weight excluding hydrogens is 384 g/mol. The van der Waals surface area contributed by atoms with E-state index >= 15 is 0 Å². The Morgan fingerprint density at radius 2 is 1.72 bits per heavy atom. The molecular formula is C23H22N2O3S. The first kappa shape index (κ1) is 19.5. The molecule has 0 aliphatic rings. The predicted octanol–water partition coefficient (Wildman–Crippen LogP) is 5.74. The lowest BCUT2D eigenvalue weighted by molar-refractivity contribution is 0.465. The van der Waals surface area contributed by atoms with Crippen LogP contribution >= 0.6 is 11.8 Å². The summed E-state index contributed by atoms with van der Waals surface area (Å²) in [4.78, 5) is 11.9. The average Bonchev–Trinajstić information content (AvgIpc) is 3.14. The summed E-state index contributed by atoms with van der Waals surface area (Å²) < 4.78 is 11.1. The average molecular weight is 407 g/mol. The lowest BCUT2D eigenvalue weighted by Crippen LogP contribution is -2.10. The van der Waals surface area contributed by atoms with Crippen molar-refractivity contribution in [3.63, 3.8) is 0 Å². The fourth-order valence-corrected chi connectivity index (χ4v) is 3.85. The van der Waals surface area contributed by atoms with Crippen molar-refractivity contribution in [3.8, 4) is 11.5 Å². The Hall–Kier alpha value is -2.86. The van der Waals surface area contributed by atoms with Crippen LogP contribution in [0.25, 0.3) is 22.4 Å². The standard InChI is InChI=1S/C23H22N2O3S/c1-14-5-10-18-16(12-20(26)27-19(18)11-14)13-29-22-25-24-21(28-22)15-6-8-17(9-7-15)23(2,3)4/h5-12H,13H2,1-4H3. The molecule has 4 rings (SSSR count). The fraction of sp³-hybridized carbons (Fsp3) is 0.261. The summed E-state index contributed by atoms with van der Waals surface area (Å²) in [5.74, 6) is 1.02. The Bertz CT molecular complexity index is 1220. The molecule has 6 heteroatoms. The maximum Gasteiger partial charge on any atom is 0.336 e. The smallest absolute Gasteiger partial charge is 0.336 e. The van der Waals surface area contributed by atoms with Crippen molar-refractivity contribution < 1.29 is 8.83 Å². The molecule has 2 heterocycles. The highest BCUT2D eigenvalue weighted by Gasteiger charge is 2.15. The molecule has 4 aromatic rings. The largest absolute Gasteiger partial charge is 0.423 e. The van der Waals surface area contributed by atoms with Crippen molar-refractivity contribution in [2.75, 3.05) is 0 Å². The van der Waals surface area contributed by atoms with Gasteiger partial charge >= 0.3 is 5.63 Å². The summed E-state index contributed by atoms with van der Waals surface area (Å²) in [7, 11) is 0. The van der Waals surface area contributed by atoms with Gasteiger partial charge in [-0.25, -0.2) is 4.79 Å². The molecule has 29 heavy (non-hydrogen) atoms. The first-order valence-electron chi connectivity index (χ1n) is 9.40. The molecule has 0 fully saturated rings. The van der Waals surface area contributed by atoms with E-state index in [9.17, 15) is 4.79 Å². The van der Waals surface area contributed by atoms with Gasteiger partial charge in [0.15, 0.2) is 0 Å². The third-order valence-electron chi connectivity index (χ3n) is 4.74. The van der Waals surface area contributed by atoms with Crippen molar-refractivity contribution in [1.82, 2.24) is 10.2 Å². The van der Waals surface area contributed by atoms with E-state index in [4.69, 9.17) is 8.83 Å². The van der Waals surface area contributed by atoms with E-state index in [1.165, 1.54) is 23.4 Å². The number of nitrogens with zero attached hydrogens (tertiary/aromatic N) is 2. The fourth-order valence-electron chi connectivity index (χ4n) is 3.09. The maximum absolute atomic E-state index is 11.9. The number of rotatable bonds is 4. The van der Waals surface area contributed by atoms with Crippen molar-refractivity contribution in [1.29, 1.82) is 0 Å². The zero-order valence-corrected chi connectivity index (χ0v) is 17.7. The molecule has 0 saturated heterocycles. The predicted molar refractivity (Wildman–Crippen MR) is 115 cm³/mol. The number of benzene rings is 2. The van der Waals surface area contributed by atoms with E-state index in [0.717, 1.165) is 22.1 Å². The Kier molecular flexibility index (Phi) is 5.04. The Morgan fingerprint density at radius 1 is 0.966 bits per heavy atom. The van der Waals surface area contributed by atoms with Gasteiger partial charge in [-0.1, -0.05) is 56.8 Å². The van der Waals surface area contributed by atoms with Gasteiger partial charge in [0.05, 0.1) is 0 Å². The Morgan fingerprint density at radius 3 is 2.45 bits per heavy atom. The van der Waals surface area contributed by atoms with Crippen molar-refractivity contribution in [2.24, 2.45) is 0 Å². The minimum absolute atomic E-state index is 0.0953. The topological polar surface area (TPSA) is 69.1 Å². The van der Waals surface area contributed by atoms with Gasteiger partial charge in [-0.15, -0.1) is 10.2 Å². The van der Waals surface area contributed by atoms with Crippen LogP contribution in [0.4, 0.5) is 0 Å². The summed E-state index contributed by atoms with van der Waals surface area (Å²) in [5.41, 5.74) is 4.40. The third-order valence-corrected chi connectivity index (χ3v) is 5.61. The SMILES string of the molecule is Cc1ccc2c(CSc3nnc(-c4ccc(C(C)(C)C)cc4)o3)cc(=O)oc2c1. The molecule has 0 saturated carbocycles. The second-order valence-electron chi connectivity index (χ2n) is 8.08. The molecule has 0 amide bonds. The lowest BCUT2D eigenvalue weighted by Gasteiger charge is -2.18. The van der Waals surface area contributed by atoms with E-state index in [1.807, 2.05) is 37.3 Å². The van der Waals surface area contributed by atoms with Crippen LogP contribution in [0.2, 0.25) is 0 Å². The molecule has 0 unspecified atom stereocenters. The normalized spacial score (nSPS) is 11.9. The highest BCUT2D eigenvalue weighted by Crippen LogP contribution is 2.29. The Labute approximate surface area is 173 Å². The lowest BCUT2D eigenvalue weighted by atomic mass is 9.87. The number of thioether (sulfide) groups is 1. The van der Waals surface area contributed by atoms with Gasteiger partial charge in [0.25, 0.3) is 5.22 Å². The Balaban J connectivity index is 1.53. The number of aryl methyl sites for hydroxylation is 1. The van der Waals surface area contributed by atoms with Gasteiger partial charge in [-0.3, -0.25) is 0 Å². The van der Waals surface area contributed by atoms with Crippen LogP contribution in [0.5, 0.6) is 0 Å².